The molecule has 3 aromatic rings. The monoisotopic (exact) mass is 446 g/mol. The highest BCUT2D eigenvalue weighted by molar-refractivity contribution is 9.08. The van der Waals surface area contributed by atoms with Crippen molar-refractivity contribution in [1.82, 2.24) is 0 Å². The summed E-state index contributed by atoms with van der Waals surface area (Å²) in [7, 11) is -3.73. The van der Waals surface area contributed by atoms with Crippen LogP contribution in [0.4, 0.5) is 0 Å². The molecule has 0 saturated heterocycles. The second-order valence-electron chi connectivity index (χ2n) is 6.65. The molecule has 27 heavy (non-hydrogen) atoms. The molecule has 3 rings (SSSR count). The van der Waals surface area contributed by atoms with Crippen LogP contribution in [0, 0.1) is 0 Å². The van der Waals surface area contributed by atoms with Gasteiger partial charge in [-0.25, -0.2) is 4.57 Å². The van der Waals surface area contributed by atoms with Crippen LogP contribution in [0.3, 0.4) is 0 Å². The Morgan fingerprint density at radius 3 is 2.44 bits per heavy atom. The van der Waals surface area contributed by atoms with Gasteiger partial charge >= 0.3 is 7.60 Å². The lowest BCUT2D eigenvalue weighted by atomic mass is 9.97. The molecular weight excluding hydrogens is 423 g/mol. The lowest BCUT2D eigenvalue weighted by Crippen LogP contribution is -2.10. The van der Waals surface area contributed by atoms with Gasteiger partial charge in [0.25, 0.3) is 0 Å². The molecule has 5 heteroatoms. The predicted octanol–water partition coefficient (Wildman–Crippen LogP) is 7.15. The van der Waals surface area contributed by atoms with E-state index in [0.717, 1.165) is 27.5 Å². The van der Waals surface area contributed by atoms with Gasteiger partial charge in [-0.05, 0) is 52.4 Å². The second-order valence-corrected chi connectivity index (χ2v) is 9.25. The van der Waals surface area contributed by atoms with Crippen LogP contribution in [0.1, 0.15) is 32.3 Å². The fraction of sp³-hybridized carbons (Fsp3) is 0.273. The van der Waals surface area contributed by atoms with Gasteiger partial charge in [-0.1, -0.05) is 78.3 Å². The number of hydrogen-bond donors (Lipinski definition) is 1. The molecule has 1 N–H and O–H groups in total. The van der Waals surface area contributed by atoms with Crippen molar-refractivity contribution in [2.75, 3.05) is 0 Å². The summed E-state index contributed by atoms with van der Waals surface area (Å²) in [4.78, 5) is 10.4. The van der Waals surface area contributed by atoms with E-state index < -0.39 is 7.60 Å². The number of benzene rings is 3. The van der Waals surface area contributed by atoms with Crippen LogP contribution in [0.15, 0.2) is 60.7 Å². The quantitative estimate of drug-likeness (QED) is 0.309. The second kappa shape index (κ2) is 8.60. The molecule has 0 heterocycles. The predicted molar refractivity (Wildman–Crippen MR) is 117 cm³/mol. The van der Waals surface area contributed by atoms with Gasteiger partial charge in [-0.2, -0.15) is 0 Å². The van der Waals surface area contributed by atoms with Gasteiger partial charge in [0.1, 0.15) is 5.75 Å². The van der Waals surface area contributed by atoms with Crippen molar-refractivity contribution in [3.05, 3.63) is 66.2 Å². The van der Waals surface area contributed by atoms with Gasteiger partial charge in [0.15, 0.2) is 0 Å². The van der Waals surface area contributed by atoms with Gasteiger partial charge < -0.3 is 9.42 Å². The van der Waals surface area contributed by atoms with Crippen molar-refractivity contribution < 1.29 is 14.0 Å². The third-order valence-corrected chi connectivity index (χ3v) is 7.63. The van der Waals surface area contributed by atoms with Crippen molar-refractivity contribution in [1.29, 1.82) is 0 Å². The highest BCUT2D eigenvalue weighted by Gasteiger charge is 2.31. The summed E-state index contributed by atoms with van der Waals surface area (Å²) >= 11 is 3.50. The van der Waals surface area contributed by atoms with Crippen molar-refractivity contribution in [2.24, 2.45) is 0 Å². The average Bonchev–Trinajstić information content (AvgIpc) is 2.67. The zero-order valence-corrected chi connectivity index (χ0v) is 18.0. The molecule has 0 radical (unpaired) electrons. The minimum absolute atomic E-state index is 0.355. The first-order valence-corrected chi connectivity index (χ1v) is 12.0. The van der Waals surface area contributed by atoms with Crippen LogP contribution in [-0.4, -0.2) is 10.6 Å². The Kier molecular flexibility index (Phi) is 6.41. The standard InChI is InChI=1S/C22H24BrO3P/c1-3-20(4-2)27(24,25)26-19-13-16(15-23)12-18(14-19)22-11-7-9-17-8-5-6-10-21(17)22/h5-14,20H,3-4,15H2,1-2H3,(H,24,25). The van der Waals surface area contributed by atoms with E-state index in [2.05, 4.69) is 46.3 Å². The maximum atomic E-state index is 12.7. The number of hydrogen-bond acceptors (Lipinski definition) is 2. The highest BCUT2D eigenvalue weighted by Crippen LogP contribution is 2.51. The molecule has 0 fully saturated rings. The Labute approximate surface area is 169 Å². The summed E-state index contributed by atoms with van der Waals surface area (Å²) in [5.74, 6) is 0.438. The lowest BCUT2D eigenvalue weighted by molar-refractivity contribution is 0.361. The highest BCUT2D eigenvalue weighted by atomic mass is 79.9. The van der Waals surface area contributed by atoms with Gasteiger partial charge in [-0.15, -0.1) is 0 Å². The molecule has 0 aliphatic heterocycles. The van der Waals surface area contributed by atoms with E-state index in [1.807, 2.05) is 44.2 Å². The largest absolute Gasteiger partial charge is 0.424 e. The van der Waals surface area contributed by atoms with Crippen LogP contribution in [-0.2, 0) is 9.90 Å². The summed E-state index contributed by atoms with van der Waals surface area (Å²) in [6.07, 6.45) is 1.22. The van der Waals surface area contributed by atoms with Gasteiger partial charge in [0.2, 0.25) is 0 Å². The van der Waals surface area contributed by atoms with E-state index in [-0.39, 0.29) is 5.66 Å². The number of alkyl halides is 1. The van der Waals surface area contributed by atoms with Crippen LogP contribution in [0.25, 0.3) is 21.9 Å². The minimum atomic E-state index is -3.73. The lowest BCUT2D eigenvalue weighted by Gasteiger charge is -2.21. The van der Waals surface area contributed by atoms with Gasteiger partial charge in [-0.3, -0.25) is 0 Å². The topological polar surface area (TPSA) is 46.5 Å². The Balaban J connectivity index is 2.08. The van der Waals surface area contributed by atoms with Crippen LogP contribution < -0.4 is 4.52 Å². The molecular formula is C22H24BrO3P. The fourth-order valence-electron chi connectivity index (χ4n) is 3.40. The molecule has 0 aromatic heterocycles. The van der Waals surface area contributed by atoms with E-state index in [0.29, 0.717) is 23.9 Å². The van der Waals surface area contributed by atoms with Crippen molar-refractivity contribution in [3.8, 4) is 16.9 Å². The van der Waals surface area contributed by atoms with Crippen molar-refractivity contribution >= 4 is 34.3 Å². The van der Waals surface area contributed by atoms with E-state index in [4.69, 9.17) is 4.52 Å². The van der Waals surface area contributed by atoms with Crippen molar-refractivity contribution in [3.63, 3.8) is 0 Å². The SMILES string of the molecule is CCC(CC)P(=O)(O)Oc1cc(CBr)cc(-c2cccc3ccccc23)c1. The van der Waals surface area contributed by atoms with Crippen molar-refractivity contribution in [2.45, 2.75) is 37.7 Å². The molecule has 0 aliphatic rings. The molecule has 0 saturated carbocycles. The van der Waals surface area contributed by atoms with E-state index in [1.54, 1.807) is 0 Å². The Morgan fingerprint density at radius 2 is 1.74 bits per heavy atom. The molecule has 3 aromatic carbocycles. The summed E-state index contributed by atoms with van der Waals surface area (Å²) in [6, 6.07) is 20.2. The zero-order chi connectivity index (χ0) is 19.4. The molecule has 1 atom stereocenters. The van der Waals surface area contributed by atoms with E-state index in [1.165, 1.54) is 0 Å². The summed E-state index contributed by atoms with van der Waals surface area (Å²) in [6.45, 7) is 3.83. The summed E-state index contributed by atoms with van der Waals surface area (Å²) in [5, 5.41) is 2.94. The maximum Gasteiger partial charge on any atom is 0.379 e. The smallest absolute Gasteiger partial charge is 0.379 e. The van der Waals surface area contributed by atoms with Crippen LogP contribution in [0.2, 0.25) is 0 Å². The third-order valence-electron chi connectivity index (χ3n) is 4.86. The normalized spacial score (nSPS) is 13.7. The number of rotatable bonds is 7. The molecule has 0 spiro atoms. The molecule has 3 nitrogen and oxygen atoms in total. The Hall–Kier alpha value is -1.61. The zero-order valence-electron chi connectivity index (χ0n) is 15.6. The van der Waals surface area contributed by atoms with E-state index in [9.17, 15) is 9.46 Å². The maximum absolute atomic E-state index is 12.7. The molecule has 1 unspecified atom stereocenters. The van der Waals surface area contributed by atoms with Gasteiger partial charge in [0.05, 0.1) is 5.66 Å². The number of halogens is 1. The summed E-state index contributed by atoms with van der Waals surface area (Å²) in [5.41, 5.74) is 2.70. The molecule has 0 bridgehead atoms. The minimum Gasteiger partial charge on any atom is -0.424 e. The molecule has 0 aliphatic carbocycles. The Bertz CT molecular complexity index is 977. The first-order chi connectivity index (χ1) is 13.0. The van der Waals surface area contributed by atoms with Gasteiger partial charge in [0, 0.05) is 5.33 Å². The summed E-state index contributed by atoms with van der Waals surface area (Å²) < 4.78 is 18.4. The average molecular weight is 447 g/mol. The number of fused-ring (bicyclic) bond motifs is 1. The first kappa shape index (κ1) is 20.1. The third kappa shape index (κ3) is 4.45. The van der Waals surface area contributed by atoms with Crippen LogP contribution >= 0.6 is 23.5 Å². The fourth-order valence-corrected chi connectivity index (χ4v) is 5.20. The molecule has 142 valence electrons. The first-order valence-electron chi connectivity index (χ1n) is 9.18. The van der Waals surface area contributed by atoms with E-state index >= 15 is 0 Å². The molecule has 0 amide bonds. The Morgan fingerprint density at radius 1 is 1.04 bits per heavy atom. The van der Waals surface area contributed by atoms with Crippen LogP contribution in [0.5, 0.6) is 5.75 Å².